The van der Waals surface area contributed by atoms with Gasteiger partial charge in [-0.1, -0.05) is 18.2 Å². The zero-order valence-electron chi connectivity index (χ0n) is 11.2. The van der Waals surface area contributed by atoms with Crippen LogP contribution in [-0.2, 0) is 0 Å². The maximum absolute atomic E-state index is 12.0. The number of nitrogens with zero attached hydrogens (tertiary/aromatic N) is 1. The molecule has 0 fully saturated rings. The lowest BCUT2D eigenvalue weighted by Crippen LogP contribution is -2.28. The molecule has 0 aliphatic rings. The fourth-order valence-electron chi connectivity index (χ4n) is 1.76. The van der Waals surface area contributed by atoms with Gasteiger partial charge in [-0.25, -0.2) is 0 Å². The molecule has 1 heterocycles. The Balaban J connectivity index is 1.74. The molecule has 106 valence electrons. The van der Waals surface area contributed by atoms with Crippen molar-refractivity contribution in [3.8, 4) is 5.75 Å². The van der Waals surface area contributed by atoms with Gasteiger partial charge >= 0.3 is 0 Å². The van der Waals surface area contributed by atoms with Gasteiger partial charge in [0.15, 0.2) is 0 Å². The minimum Gasteiger partial charge on any atom is -0.494 e. The number of rotatable bonds is 6. The van der Waals surface area contributed by atoms with E-state index in [0.29, 0.717) is 18.7 Å². The predicted molar refractivity (Wildman–Crippen MR) is 77.2 cm³/mol. The number of carbonyl (C=O) groups is 1. The lowest BCUT2D eigenvalue weighted by Gasteiger charge is -2.16. The van der Waals surface area contributed by atoms with Crippen molar-refractivity contribution in [2.75, 3.05) is 20.2 Å². The number of hydrogen-bond acceptors (Lipinski definition) is 3. The van der Waals surface area contributed by atoms with E-state index in [-0.39, 0.29) is 11.1 Å². The van der Waals surface area contributed by atoms with Crippen molar-refractivity contribution in [3.05, 3.63) is 53.4 Å². The minimum absolute atomic E-state index is 0.127. The van der Waals surface area contributed by atoms with Crippen LogP contribution in [0, 0.1) is 0 Å². The van der Waals surface area contributed by atoms with Gasteiger partial charge in [-0.05, 0) is 36.2 Å². The molecule has 2 aromatic rings. The van der Waals surface area contributed by atoms with Gasteiger partial charge < -0.3 is 14.1 Å². The second-order valence-corrected chi connectivity index (χ2v) is 4.69. The number of carbonyl (C=O) groups excluding carboxylic acids is 1. The Kier molecular flexibility index (Phi) is 5.07. The van der Waals surface area contributed by atoms with Crippen molar-refractivity contribution in [2.24, 2.45) is 0 Å². The van der Waals surface area contributed by atoms with Gasteiger partial charge in [0, 0.05) is 13.6 Å². The lowest BCUT2D eigenvalue weighted by atomic mass is 10.3. The minimum atomic E-state index is -0.150. The molecule has 0 N–H and O–H groups in total. The van der Waals surface area contributed by atoms with Crippen LogP contribution in [0.1, 0.15) is 16.8 Å². The van der Waals surface area contributed by atoms with Crippen LogP contribution in [-0.4, -0.2) is 31.0 Å². The molecule has 0 saturated carbocycles. The molecule has 4 nitrogen and oxygen atoms in total. The first-order valence-electron chi connectivity index (χ1n) is 6.35. The molecule has 0 radical (unpaired) electrons. The number of para-hydroxylation sites is 1. The van der Waals surface area contributed by atoms with E-state index in [9.17, 15) is 4.79 Å². The Morgan fingerprint density at radius 1 is 1.30 bits per heavy atom. The van der Waals surface area contributed by atoms with Crippen LogP contribution in [0.15, 0.2) is 47.1 Å². The van der Waals surface area contributed by atoms with Gasteiger partial charge in [-0.2, -0.15) is 0 Å². The average molecular weight is 294 g/mol. The highest BCUT2D eigenvalue weighted by molar-refractivity contribution is 6.32. The van der Waals surface area contributed by atoms with Gasteiger partial charge in [0.05, 0.1) is 18.4 Å². The monoisotopic (exact) mass is 293 g/mol. The van der Waals surface area contributed by atoms with E-state index < -0.39 is 0 Å². The maximum Gasteiger partial charge on any atom is 0.258 e. The van der Waals surface area contributed by atoms with Gasteiger partial charge in [0.25, 0.3) is 5.91 Å². The number of ether oxygens (including phenoxy) is 1. The normalized spacial score (nSPS) is 10.3. The maximum atomic E-state index is 12.0. The third-order valence-electron chi connectivity index (χ3n) is 2.84. The van der Waals surface area contributed by atoms with Crippen molar-refractivity contribution in [1.82, 2.24) is 4.90 Å². The number of halogens is 1. The third-order valence-corrected chi connectivity index (χ3v) is 3.14. The van der Waals surface area contributed by atoms with Gasteiger partial charge in [0.2, 0.25) is 5.22 Å². The van der Waals surface area contributed by atoms with E-state index in [4.69, 9.17) is 20.8 Å². The van der Waals surface area contributed by atoms with Crippen molar-refractivity contribution >= 4 is 17.5 Å². The van der Waals surface area contributed by atoms with E-state index in [1.165, 1.54) is 6.26 Å². The summed E-state index contributed by atoms with van der Waals surface area (Å²) in [5.74, 6) is 0.683. The summed E-state index contributed by atoms with van der Waals surface area (Å²) >= 11 is 5.78. The second kappa shape index (κ2) is 7.01. The van der Waals surface area contributed by atoms with Crippen molar-refractivity contribution in [2.45, 2.75) is 6.42 Å². The van der Waals surface area contributed by atoms with Crippen LogP contribution < -0.4 is 4.74 Å². The molecular weight excluding hydrogens is 278 g/mol. The summed E-state index contributed by atoms with van der Waals surface area (Å²) in [5, 5.41) is 0.127. The zero-order chi connectivity index (χ0) is 14.4. The first-order chi connectivity index (χ1) is 9.68. The summed E-state index contributed by atoms with van der Waals surface area (Å²) in [6.07, 6.45) is 2.15. The van der Waals surface area contributed by atoms with E-state index >= 15 is 0 Å². The Bertz CT molecular complexity index is 553. The molecular formula is C15H16ClNO3. The highest BCUT2D eigenvalue weighted by atomic mass is 35.5. The largest absolute Gasteiger partial charge is 0.494 e. The summed E-state index contributed by atoms with van der Waals surface area (Å²) in [6, 6.07) is 11.2. The molecule has 0 bridgehead atoms. The van der Waals surface area contributed by atoms with Crippen molar-refractivity contribution in [1.29, 1.82) is 0 Å². The second-order valence-electron chi connectivity index (χ2n) is 4.35. The fraction of sp³-hybridized carbons (Fsp3) is 0.267. The number of amides is 1. The summed E-state index contributed by atoms with van der Waals surface area (Å²) in [7, 11) is 1.73. The summed E-state index contributed by atoms with van der Waals surface area (Å²) < 4.78 is 10.5. The molecule has 0 unspecified atom stereocenters. The molecule has 0 aliphatic heterocycles. The predicted octanol–water partition coefficient (Wildman–Crippen LogP) is 3.47. The first-order valence-corrected chi connectivity index (χ1v) is 6.72. The van der Waals surface area contributed by atoms with Gasteiger partial charge in [0.1, 0.15) is 5.75 Å². The topological polar surface area (TPSA) is 42.7 Å². The molecule has 0 spiro atoms. The molecule has 20 heavy (non-hydrogen) atoms. The standard InChI is InChI=1S/C15H16ClNO3/c1-17(15(18)13-8-11-20-14(13)16)9-5-10-19-12-6-3-2-4-7-12/h2-4,6-8,11H,5,9-10H2,1H3. The molecule has 1 aromatic carbocycles. The Hall–Kier alpha value is -1.94. The fourth-order valence-corrected chi connectivity index (χ4v) is 1.96. The van der Waals surface area contributed by atoms with E-state index in [1.807, 2.05) is 30.3 Å². The lowest BCUT2D eigenvalue weighted by molar-refractivity contribution is 0.0787. The Morgan fingerprint density at radius 3 is 2.70 bits per heavy atom. The molecule has 1 aromatic heterocycles. The number of benzene rings is 1. The van der Waals surface area contributed by atoms with E-state index in [2.05, 4.69) is 0 Å². The average Bonchev–Trinajstić information content (AvgIpc) is 2.90. The first kappa shape index (κ1) is 14.5. The number of hydrogen-bond donors (Lipinski definition) is 0. The zero-order valence-corrected chi connectivity index (χ0v) is 12.0. The van der Waals surface area contributed by atoms with Crippen LogP contribution in [0.25, 0.3) is 0 Å². The van der Waals surface area contributed by atoms with Gasteiger partial charge in [-0.15, -0.1) is 0 Å². The Labute approximate surface area is 122 Å². The van der Waals surface area contributed by atoms with Gasteiger partial charge in [-0.3, -0.25) is 4.79 Å². The Morgan fingerprint density at radius 2 is 2.05 bits per heavy atom. The van der Waals surface area contributed by atoms with Crippen molar-refractivity contribution in [3.63, 3.8) is 0 Å². The molecule has 1 amide bonds. The quantitative estimate of drug-likeness (QED) is 0.766. The highest BCUT2D eigenvalue weighted by Gasteiger charge is 2.16. The summed E-state index contributed by atoms with van der Waals surface area (Å²) in [5.41, 5.74) is 0.387. The summed E-state index contributed by atoms with van der Waals surface area (Å²) in [6.45, 7) is 1.15. The van der Waals surface area contributed by atoms with Crippen molar-refractivity contribution < 1.29 is 13.9 Å². The molecule has 5 heteroatoms. The van der Waals surface area contributed by atoms with Crippen LogP contribution in [0.4, 0.5) is 0 Å². The molecule has 0 saturated heterocycles. The third kappa shape index (κ3) is 3.78. The van der Waals surface area contributed by atoms with Crippen LogP contribution in [0.2, 0.25) is 5.22 Å². The SMILES string of the molecule is CN(CCCOc1ccccc1)C(=O)c1ccoc1Cl. The smallest absolute Gasteiger partial charge is 0.258 e. The van der Waals surface area contributed by atoms with Crippen LogP contribution in [0.5, 0.6) is 5.75 Å². The molecule has 0 aliphatic carbocycles. The highest BCUT2D eigenvalue weighted by Crippen LogP contribution is 2.18. The number of furan rings is 1. The van der Waals surface area contributed by atoms with Crippen LogP contribution >= 0.6 is 11.6 Å². The molecule has 2 rings (SSSR count). The van der Waals surface area contributed by atoms with E-state index in [1.54, 1.807) is 18.0 Å². The molecule has 0 atom stereocenters. The van der Waals surface area contributed by atoms with Crippen LogP contribution in [0.3, 0.4) is 0 Å². The van der Waals surface area contributed by atoms with E-state index in [0.717, 1.165) is 12.2 Å². The summed E-state index contributed by atoms with van der Waals surface area (Å²) in [4.78, 5) is 13.6.